The molecule has 0 unspecified atom stereocenters. The van der Waals surface area contributed by atoms with Crippen molar-refractivity contribution in [1.82, 2.24) is 0 Å². The van der Waals surface area contributed by atoms with Gasteiger partial charge in [-0.25, -0.2) is 0 Å². The van der Waals surface area contributed by atoms with Gasteiger partial charge in [0.1, 0.15) is 11.5 Å². The maximum Gasteiger partial charge on any atom is 0.248 e. The molecule has 0 atom stereocenters. The van der Waals surface area contributed by atoms with Crippen molar-refractivity contribution in [3.8, 4) is 11.5 Å². The van der Waals surface area contributed by atoms with Crippen molar-refractivity contribution in [2.75, 3.05) is 19.5 Å². The van der Waals surface area contributed by atoms with Crippen LogP contribution in [0.4, 0.5) is 5.69 Å². The number of rotatable bonds is 5. The predicted octanol–water partition coefficient (Wildman–Crippen LogP) is 3.97. The van der Waals surface area contributed by atoms with Crippen LogP contribution >= 0.6 is 0 Å². The maximum absolute atomic E-state index is 12.1. The number of nitrogens with one attached hydrogen (secondary N) is 1. The lowest BCUT2D eigenvalue weighted by molar-refractivity contribution is -0.111. The van der Waals surface area contributed by atoms with Crippen molar-refractivity contribution in [2.45, 2.75) is 13.8 Å². The van der Waals surface area contributed by atoms with Gasteiger partial charge in [-0.15, -0.1) is 0 Å². The fourth-order valence-electron chi connectivity index (χ4n) is 2.27. The minimum Gasteiger partial charge on any atom is -0.497 e. The number of ether oxygens (including phenoxy) is 2. The zero-order valence-electron chi connectivity index (χ0n) is 13.8. The van der Waals surface area contributed by atoms with Gasteiger partial charge in [-0.05, 0) is 48.7 Å². The molecule has 0 saturated heterocycles. The highest BCUT2D eigenvalue weighted by atomic mass is 16.5. The van der Waals surface area contributed by atoms with Gasteiger partial charge < -0.3 is 14.8 Å². The molecule has 4 nitrogen and oxygen atoms in total. The van der Waals surface area contributed by atoms with Gasteiger partial charge in [0.25, 0.3) is 0 Å². The Morgan fingerprint density at radius 1 is 1.00 bits per heavy atom. The topological polar surface area (TPSA) is 47.6 Å². The Morgan fingerprint density at radius 3 is 2.09 bits per heavy atom. The number of amides is 1. The van der Waals surface area contributed by atoms with E-state index >= 15 is 0 Å². The van der Waals surface area contributed by atoms with Crippen LogP contribution in [0.5, 0.6) is 11.5 Å². The van der Waals surface area contributed by atoms with E-state index in [1.54, 1.807) is 26.4 Å². The van der Waals surface area contributed by atoms with Crippen LogP contribution in [0.2, 0.25) is 0 Å². The van der Waals surface area contributed by atoms with E-state index in [4.69, 9.17) is 9.47 Å². The number of hydrogen-bond donors (Lipinski definition) is 1. The van der Waals surface area contributed by atoms with Crippen LogP contribution < -0.4 is 14.8 Å². The first-order chi connectivity index (χ1) is 11.0. The lowest BCUT2D eigenvalue weighted by Crippen LogP contribution is -2.10. The van der Waals surface area contributed by atoms with Crippen LogP contribution in [0.1, 0.15) is 16.7 Å². The molecule has 0 saturated carbocycles. The second-order valence-electron chi connectivity index (χ2n) is 5.24. The van der Waals surface area contributed by atoms with Gasteiger partial charge in [0.2, 0.25) is 5.91 Å². The van der Waals surface area contributed by atoms with Crippen molar-refractivity contribution in [2.24, 2.45) is 0 Å². The number of carbonyl (C=O) groups excluding carboxylic acids is 1. The van der Waals surface area contributed by atoms with E-state index in [-0.39, 0.29) is 5.91 Å². The summed E-state index contributed by atoms with van der Waals surface area (Å²) in [5, 5.41) is 2.92. The molecule has 2 aromatic carbocycles. The van der Waals surface area contributed by atoms with Crippen LogP contribution in [0.25, 0.3) is 6.08 Å². The molecular weight excluding hydrogens is 290 g/mol. The van der Waals surface area contributed by atoms with Gasteiger partial charge in [-0.3, -0.25) is 4.79 Å². The van der Waals surface area contributed by atoms with E-state index in [1.165, 1.54) is 6.08 Å². The van der Waals surface area contributed by atoms with Crippen LogP contribution in [-0.2, 0) is 4.79 Å². The van der Waals surface area contributed by atoms with Gasteiger partial charge in [-0.1, -0.05) is 18.2 Å². The van der Waals surface area contributed by atoms with Crippen LogP contribution in [0.15, 0.2) is 42.5 Å². The predicted molar refractivity (Wildman–Crippen MR) is 93.1 cm³/mol. The average molecular weight is 311 g/mol. The van der Waals surface area contributed by atoms with Crippen LogP contribution in [0, 0.1) is 13.8 Å². The first kappa shape index (κ1) is 16.6. The summed E-state index contributed by atoms with van der Waals surface area (Å²) >= 11 is 0. The van der Waals surface area contributed by atoms with Gasteiger partial charge >= 0.3 is 0 Å². The molecule has 0 aliphatic heterocycles. The van der Waals surface area contributed by atoms with Gasteiger partial charge in [0, 0.05) is 17.8 Å². The van der Waals surface area contributed by atoms with Crippen molar-refractivity contribution >= 4 is 17.7 Å². The second-order valence-corrected chi connectivity index (χ2v) is 5.24. The highest BCUT2D eigenvalue weighted by Gasteiger charge is 2.05. The average Bonchev–Trinajstić information content (AvgIpc) is 2.56. The Labute approximate surface area is 136 Å². The molecule has 2 aromatic rings. The van der Waals surface area contributed by atoms with E-state index in [2.05, 4.69) is 5.32 Å². The SMILES string of the molecule is COc1cc(C=CC(=O)Nc2c(C)cccc2C)cc(OC)c1. The van der Waals surface area contributed by atoms with E-state index in [9.17, 15) is 4.79 Å². The number of benzene rings is 2. The maximum atomic E-state index is 12.1. The summed E-state index contributed by atoms with van der Waals surface area (Å²) in [6, 6.07) is 11.4. The van der Waals surface area contributed by atoms with Gasteiger partial charge in [-0.2, -0.15) is 0 Å². The molecule has 2 rings (SSSR count). The highest BCUT2D eigenvalue weighted by molar-refractivity contribution is 6.02. The normalized spacial score (nSPS) is 10.6. The first-order valence-electron chi connectivity index (χ1n) is 7.32. The third kappa shape index (κ3) is 4.36. The van der Waals surface area contributed by atoms with Gasteiger partial charge in [0.05, 0.1) is 14.2 Å². The largest absolute Gasteiger partial charge is 0.497 e. The lowest BCUT2D eigenvalue weighted by Gasteiger charge is -2.09. The molecule has 0 radical (unpaired) electrons. The molecule has 0 aliphatic rings. The molecule has 0 aromatic heterocycles. The van der Waals surface area contributed by atoms with Crippen LogP contribution in [-0.4, -0.2) is 20.1 Å². The molecular formula is C19H21NO3. The number of para-hydroxylation sites is 1. The van der Waals surface area contributed by atoms with Crippen molar-refractivity contribution in [1.29, 1.82) is 0 Å². The minimum absolute atomic E-state index is 0.177. The number of methoxy groups -OCH3 is 2. The third-order valence-electron chi connectivity index (χ3n) is 3.53. The molecule has 0 fully saturated rings. The fraction of sp³-hybridized carbons (Fsp3) is 0.211. The van der Waals surface area contributed by atoms with Crippen LogP contribution in [0.3, 0.4) is 0 Å². The summed E-state index contributed by atoms with van der Waals surface area (Å²) in [5.41, 5.74) is 3.76. The summed E-state index contributed by atoms with van der Waals surface area (Å²) in [6.07, 6.45) is 3.23. The molecule has 23 heavy (non-hydrogen) atoms. The Morgan fingerprint density at radius 2 is 1.57 bits per heavy atom. The number of hydrogen-bond acceptors (Lipinski definition) is 3. The molecule has 1 N–H and O–H groups in total. The highest BCUT2D eigenvalue weighted by Crippen LogP contribution is 2.23. The standard InChI is InChI=1S/C19H21NO3/c1-13-6-5-7-14(2)19(13)20-18(21)9-8-15-10-16(22-3)12-17(11-15)23-4/h5-12H,1-4H3,(H,20,21). The lowest BCUT2D eigenvalue weighted by atomic mass is 10.1. The quantitative estimate of drug-likeness (QED) is 0.850. The summed E-state index contributed by atoms with van der Waals surface area (Å²) in [7, 11) is 3.19. The monoisotopic (exact) mass is 311 g/mol. The second kappa shape index (κ2) is 7.49. The molecule has 120 valence electrons. The Balaban J connectivity index is 2.15. The Hall–Kier alpha value is -2.75. The summed E-state index contributed by atoms with van der Waals surface area (Å²) < 4.78 is 10.4. The van der Waals surface area contributed by atoms with Crippen molar-refractivity contribution in [3.63, 3.8) is 0 Å². The Kier molecular flexibility index (Phi) is 5.41. The molecule has 0 bridgehead atoms. The summed E-state index contributed by atoms with van der Waals surface area (Å²) in [6.45, 7) is 3.94. The molecule has 0 aliphatic carbocycles. The zero-order chi connectivity index (χ0) is 16.8. The Bertz CT molecular complexity index is 693. The van der Waals surface area contributed by atoms with E-state index < -0.39 is 0 Å². The fourth-order valence-corrected chi connectivity index (χ4v) is 2.27. The summed E-state index contributed by atoms with van der Waals surface area (Å²) in [5.74, 6) is 1.18. The van der Waals surface area contributed by atoms with Gasteiger partial charge in [0.15, 0.2) is 0 Å². The minimum atomic E-state index is -0.177. The van der Waals surface area contributed by atoms with Crippen molar-refractivity contribution < 1.29 is 14.3 Å². The molecule has 0 spiro atoms. The molecule has 0 heterocycles. The molecule has 1 amide bonds. The third-order valence-corrected chi connectivity index (χ3v) is 3.53. The smallest absolute Gasteiger partial charge is 0.248 e. The number of carbonyl (C=O) groups is 1. The van der Waals surface area contributed by atoms with E-state index in [0.717, 1.165) is 22.4 Å². The summed E-state index contributed by atoms with van der Waals surface area (Å²) in [4.78, 5) is 12.1. The van der Waals surface area contributed by atoms with E-state index in [0.29, 0.717) is 11.5 Å². The molecule has 4 heteroatoms. The van der Waals surface area contributed by atoms with Crippen molar-refractivity contribution in [3.05, 3.63) is 59.2 Å². The number of aryl methyl sites for hydroxylation is 2. The zero-order valence-corrected chi connectivity index (χ0v) is 13.8. The first-order valence-corrected chi connectivity index (χ1v) is 7.32. The van der Waals surface area contributed by atoms with E-state index in [1.807, 2.05) is 44.2 Å². The number of anilines is 1.